The Morgan fingerprint density at radius 2 is 2.46 bits per heavy atom. The number of aromatic nitrogens is 2. The van der Waals surface area contributed by atoms with Crippen LogP contribution in [0.5, 0.6) is 0 Å². The lowest BCUT2D eigenvalue weighted by Gasteiger charge is -2.08. The zero-order valence-corrected chi connectivity index (χ0v) is 8.08. The van der Waals surface area contributed by atoms with Crippen LogP contribution in [-0.4, -0.2) is 9.55 Å². The maximum absolute atomic E-state index is 11.6. The highest BCUT2D eigenvalue weighted by Crippen LogP contribution is 2.20. The summed E-state index contributed by atoms with van der Waals surface area (Å²) in [6.07, 6.45) is 2.84. The van der Waals surface area contributed by atoms with Crippen molar-refractivity contribution in [1.82, 2.24) is 9.55 Å². The van der Waals surface area contributed by atoms with Gasteiger partial charge >= 0.3 is 0 Å². The Balaban J connectivity index is 2.59. The molecule has 1 aromatic heterocycles. The molecule has 2 rings (SSSR count). The minimum Gasteiger partial charge on any atom is -0.294 e. The second-order valence-electron chi connectivity index (χ2n) is 3.61. The standard InChI is InChI=1S/C10H14N2O/c1-3-8-6-10(13)12-7(2)4-5-9(12)11-8/h6-7H,3-5H2,1-2H3/t7-/m1/s1. The molecule has 1 aliphatic rings. The largest absolute Gasteiger partial charge is 0.294 e. The van der Waals surface area contributed by atoms with E-state index < -0.39 is 0 Å². The van der Waals surface area contributed by atoms with Crippen LogP contribution in [0.15, 0.2) is 10.9 Å². The molecule has 13 heavy (non-hydrogen) atoms. The molecule has 0 saturated heterocycles. The first-order valence-electron chi connectivity index (χ1n) is 4.83. The first-order chi connectivity index (χ1) is 6.22. The predicted molar refractivity (Wildman–Crippen MR) is 50.9 cm³/mol. The summed E-state index contributed by atoms with van der Waals surface area (Å²) >= 11 is 0. The van der Waals surface area contributed by atoms with Gasteiger partial charge in [0.1, 0.15) is 5.82 Å². The highest BCUT2D eigenvalue weighted by molar-refractivity contribution is 5.08. The monoisotopic (exact) mass is 178 g/mol. The quantitative estimate of drug-likeness (QED) is 0.650. The molecule has 0 N–H and O–H groups in total. The van der Waals surface area contributed by atoms with Crippen molar-refractivity contribution in [1.29, 1.82) is 0 Å². The van der Waals surface area contributed by atoms with Crippen molar-refractivity contribution in [3.05, 3.63) is 27.9 Å². The molecule has 0 bridgehead atoms. The topological polar surface area (TPSA) is 34.9 Å². The van der Waals surface area contributed by atoms with Crippen molar-refractivity contribution < 1.29 is 0 Å². The van der Waals surface area contributed by atoms with Crippen molar-refractivity contribution in [2.45, 2.75) is 39.2 Å². The molecule has 0 fully saturated rings. The van der Waals surface area contributed by atoms with Gasteiger partial charge in [0, 0.05) is 24.2 Å². The van der Waals surface area contributed by atoms with E-state index in [1.54, 1.807) is 6.07 Å². The van der Waals surface area contributed by atoms with Crippen LogP contribution in [0.4, 0.5) is 0 Å². The molecule has 1 aliphatic heterocycles. The van der Waals surface area contributed by atoms with Crippen molar-refractivity contribution in [3.8, 4) is 0 Å². The maximum atomic E-state index is 11.6. The third kappa shape index (κ3) is 1.28. The molecule has 0 unspecified atom stereocenters. The molecule has 0 spiro atoms. The van der Waals surface area contributed by atoms with E-state index >= 15 is 0 Å². The fourth-order valence-electron chi connectivity index (χ4n) is 1.89. The summed E-state index contributed by atoms with van der Waals surface area (Å²) in [4.78, 5) is 16.1. The summed E-state index contributed by atoms with van der Waals surface area (Å²) in [6, 6.07) is 1.99. The molecule has 0 aromatic carbocycles. The number of hydrogen-bond donors (Lipinski definition) is 0. The Kier molecular flexibility index (Phi) is 1.94. The Bertz CT molecular complexity index is 381. The molecule has 1 aromatic rings. The van der Waals surface area contributed by atoms with Crippen LogP contribution < -0.4 is 5.56 Å². The Morgan fingerprint density at radius 1 is 1.69 bits per heavy atom. The minimum atomic E-state index is 0.117. The Hall–Kier alpha value is -1.12. The minimum absolute atomic E-state index is 0.117. The van der Waals surface area contributed by atoms with Gasteiger partial charge in [0.15, 0.2) is 0 Å². The molecule has 0 aliphatic carbocycles. The van der Waals surface area contributed by atoms with E-state index in [0.717, 1.165) is 30.8 Å². The summed E-state index contributed by atoms with van der Waals surface area (Å²) in [6.45, 7) is 4.10. The number of rotatable bonds is 1. The molecule has 70 valence electrons. The van der Waals surface area contributed by atoms with Crippen LogP contribution in [0.25, 0.3) is 0 Å². The number of fused-ring (bicyclic) bond motifs is 1. The van der Waals surface area contributed by atoms with Crippen LogP contribution in [0.3, 0.4) is 0 Å². The van der Waals surface area contributed by atoms with Crippen LogP contribution in [0, 0.1) is 0 Å². The first kappa shape index (κ1) is 8.48. The second-order valence-corrected chi connectivity index (χ2v) is 3.61. The summed E-state index contributed by atoms with van der Waals surface area (Å²) in [5, 5.41) is 0. The van der Waals surface area contributed by atoms with Gasteiger partial charge in [-0.25, -0.2) is 4.98 Å². The smallest absolute Gasteiger partial charge is 0.253 e. The van der Waals surface area contributed by atoms with Crippen LogP contribution in [0.2, 0.25) is 0 Å². The number of hydrogen-bond acceptors (Lipinski definition) is 2. The van der Waals surface area contributed by atoms with E-state index in [9.17, 15) is 4.79 Å². The lowest BCUT2D eigenvalue weighted by atomic mass is 10.2. The van der Waals surface area contributed by atoms with Crippen molar-refractivity contribution in [2.75, 3.05) is 0 Å². The van der Waals surface area contributed by atoms with Crippen molar-refractivity contribution in [3.63, 3.8) is 0 Å². The Morgan fingerprint density at radius 3 is 3.15 bits per heavy atom. The molecule has 0 radical (unpaired) electrons. The first-order valence-corrected chi connectivity index (χ1v) is 4.83. The van der Waals surface area contributed by atoms with Gasteiger partial charge in [0.2, 0.25) is 0 Å². The zero-order valence-electron chi connectivity index (χ0n) is 8.08. The van der Waals surface area contributed by atoms with Crippen LogP contribution in [-0.2, 0) is 12.8 Å². The number of nitrogens with zero attached hydrogens (tertiary/aromatic N) is 2. The second kappa shape index (κ2) is 2.98. The lowest BCUT2D eigenvalue weighted by molar-refractivity contribution is 0.558. The highest BCUT2D eigenvalue weighted by Gasteiger charge is 2.20. The molecule has 0 saturated carbocycles. The highest BCUT2D eigenvalue weighted by atomic mass is 16.1. The van der Waals surface area contributed by atoms with Gasteiger partial charge < -0.3 is 0 Å². The molecule has 2 heterocycles. The fraction of sp³-hybridized carbons (Fsp3) is 0.600. The molecular weight excluding hydrogens is 164 g/mol. The third-order valence-corrected chi connectivity index (χ3v) is 2.67. The average Bonchev–Trinajstić information content (AvgIpc) is 2.48. The predicted octanol–water partition coefficient (Wildman–Crippen LogP) is 1.31. The van der Waals surface area contributed by atoms with Crippen LogP contribution >= 0.6 is 0 Å². The van der Waals surface area contributed by atoms with E-state index in [2.05, 4.69) is 11.9 Å². The third-order valence-electron chi connectivity index (χ3n) is 2.67. The van der Waals surface area contributed by atoms with E-state index in [-0.39, 0.29) is 5.56 Å². The molecular formula is C10H14N2O. The zero-order chi connectivity index (χ0) is 9.42. The number of aryl methyl sites for hydroxylation is 2. The average molecular weight is 178 g/mol. The summed E-state index contributed by atoms with van der Waals surface area (Å²) in [5.41, 5.74) is 1.04. The molecule has 1 atom stereocenters. The van der Waals surface area contributed by atoms with E-state index in [1.807, 2.05) is 11.5 Å². The van der Waals surface area contributed by atoms with Gasteiger partial charge in [0.05, 0.1) is 0 Å². The fourth-order valence-corrected chi connectivity index (χ4v) is 1.89. The Labute approximate surface area is 77.4 Å². The van der Waals surface area contributed by atoms with E-state index in [0.29, 0.717) is 6.04 Å². The summed E-state index contributed by atoms with van der Waals surface area (Å²) in [5.74, 6) is 0.969. The van der Waals surface area contributed by atoms with Gasteiger partial charge in [-0.1, -0.05) is 6.92 Å². The van der Waals surface area contributed by atoms with Crippen molar-refractivity contribution in [2.24, 2.45) is 0 Å². The summed E-state index contributed by atoms with van der Waals surface area (Å²) < 4.78 is 1.82. The molecule has 3 heteroatoms. The van der Waals surface area contributed by atoms with Gasteiger partial charge in [-0.2, -0.15) is 0 Å². The van der Waals surface area contributed by atoms with Gasteiger partial charge in [0.25, 0.3) is 5.56 Å². The van der Waals surface area contributed by atoms with Crippen molar-refractivity contribution >= 4 is 0 Å². The van der Waals surface area contributed by atoms with Gasteiger partial charge in [-0.05, 0) is 19.8 Å². The molecule has 0 amide bonds. The normalized spacial score (nSPS) is 20.3. The van der Waals surface area contributed by atoms with Gasteiger partial charge in [-0.15, -0.1) is 0 Å². The SMILES string of the molecule is CCc1cc(=O)n2c(n1)CC[C@H]2C. The van der Waals surface area contributed by atoms with Gasteiger partial charge in [-0.3, -0.25) is 9.36 Å². The molecule has 3 nitrogen and oxygen atoms in total. The lowest BCUT2D eigenvalue weighted by Crippen LogP contribution is -2.23. The van der Waals surface area contributed by atoms with Crippen LogP contribution in [0.1, 0.15) is 37.8 Å². The maximum Gasteiger partial charge on any atom is 0.253 e. The van der Waals surface area contributed by atoms with E-state index in [4.69, 9.17) is 0 Å². The van der Waals surface area contributed by atoms with E-state index in [1.165, 1.54) is 0 Å². The summed E-state index contributed by atoms with van der Waals surface area (Å²) in [7, 11) is 0.